The average Bonchev–Trinajstić information content (AvgIpc) is 3.31. The topological polar surface area (TPSA) is 111 Å². The molecule has 1 saturated heterocycles. The summed E-state index contributed by atoms with van der Waals surface area (Å²) in [6, 6.07) is 4.08. The summed E-state index contributed by atoms with van der Waals surface area (Å²) in [6.45, 7) is 6.00. The maximum atomic E-state index is 12.4. The summed E-state index contributed by atoms with van der Waals surface area (Å²) in [7, 11) is 1.70. The number of hydrogen-bond donors (Lipinski definition) is 2. The summed E-state index contributed by atoms with van der Waals surface area (Å²) < 4.78 is 3.85. The van der Waals surface area contributed by atoms with Crippen molar-refractivity contribution in [2.45, 2.75) is 44.3 Å². The van der Waals surface area contributed by atoms with E-state index in [1.807, 2.05) is 25.4 Å². The molecule has 0 spiro atoms. The molecule has 180 valence electrons. The number of benzene rings is 1. The van der Waals surface area contributed by atoms with Crippen LogP contribution >= 0.6 is 11.6 Å². The first-order valence-corrected chi connectivity index (χ1v) is 11.9. The first-order chi connectivity index (χ1) is 16.8. The third-order valence-electron chi connectivity index (χ3n) is 6.67. The number of nitrogens with two attached hydrogens (primary N) is 1. The van der Waals surface area contributed by atoms with Gasteiger partial charge in [-0.2, -0.15) is 5.10 Å². The normalized spacial score (nSPS) is 19.5. The van der Waals surface area contributed by atoms with E-state index in [1.165, 1.54) is 6.08 Å². The molecule has 3 N–H and O–H groups in total. The van der Waals surface area contributed by atoms with Gasteiger partial charge in [0.2, 0.25) is 5.91 Å². The van der Waals surface area contributed by atoms with E-state index >= 15 is 0 Å². The standard InChI is InChI=1S/C25H26ClN7O2/c1-4-22(34)31-12-17(9-14(31)2)33-25(28-3)23(24(27)35)19(30-33)8-5-15-10-20-21(11-18(15)26)32(13-29-20)16-6-7-16/h4,10-11,13-14,16-17,28H,1,6-7,9,12H2,2-3H3,(H2,27,35)/t14-,17?/m0/s1. The first kappa shape index (κ1) is 23.0. The van der Waals surface area contributed by atoms with Gasteiger partial charge in [-0.05, 0) is 50.3 Å². The summed E-state index contributed by atoms with van der Waals surface area (Å²) >= 11 is 6.55. The number of nitrogens with zero attached hydrogens (tertiary/aromatic N) is 5. The number of rotatable bonds is 5. The highest BCUT2D eigenvalue weighted by atomic mass is 35.5. The third kappa shape index (κ3) is 4.04. The van der Waals surface area contributed by atoms with Crippen molar-refractivity contribution in [3.63, 3.8) is 0 Å². The van der Waals surface area contributed by atoms with Crippen LogP contribution in [0.15, 0.2) is 31.1 Å². The van der Waals surface area contributed by atoms with Crippen LogP contribution in [0.1, 0.15) is 59.9 Å². The van der Waals surface area contributed by atoms with E-state index in [0.29, 0.717) is 35.4 Å². The van der Waals surface area contributed by atoms with Gasteiger partial charge in [0.15, 0.2) is 5.69 Å². The SMILES string of the molecule is C=CC(=O)N1CC(n2nc(C#Cc3cc4ncn(C5CC5)c4cc3Cl)c(C(N)=O)c2NC)C[C@@H]1C. The Bertz CT molecular complexity index is 1420. The highest BCUT2D eigenvalue weighted by molar-refractivity contribution is 6.32. The lowest BCUT2D eigenvalue weighted by molar-refractivity contribution is -0.126. The van der Waals surface area contributed by atoms with E-state index in [9.17, 15) is 9.59 Å². The van der Waals surface area contributed by atoms with Crippen LogP contribution in [0.2, 0.25) is 5.02 Å². The molecule has 1 saturated carbocycles. The third-order valence-corrected chi connectivity index (χ3v) is 6.98. The van der Waals surface area contributed by atoms with Crippen molar-refractivity contribution in [3.8, 4) is 11.8 Å². The number of hydrogen-bond acceptors (Lipinski definition) is 5. The van der Waals surface area contributed by atoms with Crippen LogP contribution in [0.25, 0.3) is 11.0 Å². The van der Waals surface area contributed by atoms with E-state index in [0.717, 1.165) is 23.9 Å². The van der Waals surface area contributed by atoms with Crippen LogP contribution in [0.5, 0.6) is 0 Å². The van der Waals surface area contributed by atoms with Gasteiger partial charge in [0.25, 0.3) is 5.91 Å². The Kier molecular flexibility index (Phi) is 5.77. The van der Waals surface area contributed by atoms with Crippen molar-refractivity contribution >= 4 is 40.3 Å². The van der Waals surface area contributed by atoms with Crippen molar-refractivity contribution < 1.29 is 9.59 Å². The van der Waals surface area contributed by atoms with Gasteiger partial charge >= 0.3 is 0 Å². The molecule has 2 atom stereocenters. The number of carbonyl (C=O) groups is 2. The van der Waals surface area contributed by atoms with Gasteiger partial charge in [-0.15, -0.1) is 0 Å². The molecule has 2 aromatic heterocycles. The Morgan fingerprint density at radius 3 is 2.71 bits per heavy atom. The number of fused-ring (bicyclic) bond motifs is 1. The van der Waals surface area contributed by atoms with Crippen molar-refractivity contribution in [2.24, 2.45) is 5.73 Å². The molecule has 3 aromatic rings. The molecule has 0 bridgehead atoms. The highest BCUT2D eigenvalue weighted by Gasteiger charge is 2.35. The zero-order chi connectivity index (χ0) is 24.9. The number of imidazole rings is 1. The molecule has 10 heteroatoms. The maximum absolute atomic E-state index is 12.4. The van der Waals surface area contributed by atoms with Crippen LogP contribution in [0.3, 0.4) is 0 Å². The molecule has 1 unspecified atom stereocenters. The van der Waals surface area contributed by atoms with Gasteiger partial charge in [-0.3, -0.25) is 9.59 Å². The van der Waals surface area contributed by atoms with E-state index in [1.54, 1.807) is 16.6 Å². The quantitative estimate of drug-likeness (QED) is 0.421. The molecular formula is C25H26ClN7O2. The Hall–Kier alpha value is -3.77. The monoisotopic (exact) mass is 491 g/mol. The average molecular weight is 492 g/mol. The van der Waals surface area contributed by atoms with Gasteiger partial charge in [0, 0.05) is 31.2 Å². The second-order valence-corrected chi connectivity index (χ2v) is 9.43. The van der Waals surface area contributed by atoms with Gasteiger partial charge in [-0.25, -0.2) is 9.67 Å². The Morgan fingerprint density at radius 2 is 2.06 bits per heavy atom. The predicted molar refractivity (Wildman–Crippen MR) is 134 cm³/mol. The number of anilines is 1. The molecule has 3 heterocycles. The minimum Gasteiger partial charge on any atom is -0.373 e. The smallest absolute Gasteiger partial charge is 0.255 e. The molecule has 2 aliphatic rings. The zero-order valence-electron chi connectivity index (χ0n) is 19.6. The number of aromatic nitrogens is 4. The molecule has 2 fully saturated rings. The van der Waals surface area contributed by atoms with Crippen LogP contribution in [0, 0.1) is 11.8 Å². The lowest BCUT2D eigenvalue weighted by atomic mass is 10.1. The van der Waals surface area contributed by atoms with Gasteiger partial charge in [-0.1, -0.05) is 24.1 Å². The molecule has 1 aromatic carbocycles. The highest BCUT2D eigenvalue weighted by Crippen LogP contribution is 2.38. The number of nitrogens with one attached hydrogen (secondary N) is 1. The molecule has 1 aliphatic heterocycles. The summed E-state index contributed by atoms with van der Waals surface area (Å²) in [5.74, 6) is 5.74. The maximum Gasteiger partial charge on any atom is 0.255 e. The summed E-state index contributed by atoms with van der Waals surface area (Å²) in [6.07, 6.45) is 6.12. The fraction of sp³-hybridized carbons (Fsp3) is 0.360. The second kappa shape index (κ2) is 8.78. The van der Waals surface area contributed by atoms with Crippen molar-refractivity contribution in [3.05, 3.63) is 53.0 Å². The van der Waals surface area contributed by atoms with E-state index in [2.05, 4.69) is 38.4 Å². The number of carbonyl (C=O) groups excluding carboxylic acids is 2. The van der Waals surface area contributed by atoms with Crippen LogP contribution in [0.4, 0.5) is 5.82 Å². The minimum atomic E-state index is -0.639. The minimum absolute atomic E-state index is 0.00643. The van der Waals surface area contributed by atoms with Crippen LogP contribution < -0.4 is 11.1 Å². The first-order valence-electron chi connectivity index (χ1n) is 11.5. The molecular weight excluding hydrogens is 466 g/mol. The van der Waals surface area contributed by atoms with E-state index in [4.69, 9.17) is 17.3 Å². The van der Waals surface area contributed by atoms with E-state index < -0.39 is 5.91 Å². The predicted octanol–water partition coefficient (Wildman–Crippen LogP) is 3.11. The Morgan fingerprint density at radius 1 is 1.29 bits per heavy atom. The molecule has 35 heavy (non-hydrogen) atoms. The summed E-state index contributed by atoms with van der Waals surface area (Å²) in [4.78, 5) is 30.8. The van der Waals surface area contributed by atoms with E-state index in [-0.39, 0.29) is 29.2 Å². The molecule has 9 nitrogen and oxygen atoms in total. The Labute approximate surface area is 207 Å². The zero-order valence-corrected chi connectivity index (χ0v) is 20.3. The van der Waals surface area contributed by atoms with Crippen molar-refractivity contribution in [1.82, 2.24) is 24.2 Å². The van der Waals surface area contributed by atoms with Gasteiger partial charge < -0.3 is 20.5 Å². The lowest BCUT2D eigenvalue weighted by Crippen LogP contribution is -2.32. The molecule has 0 radical (unpaired) electrons. The van der Waals surface area contributed by atoms with Crippen molar-refractivity contribution in [2.75, 3.05) is 18.9 Å². The fourth-order valence-electron chi connectivity index (χ4n) is 4.78. The largest absolute Gasteiger partial charge is 0.373 e. The van der Waals surface area contributed by atoms with Crippen molar-refractivity contribution in [1.29, 1.82) is 0 Å². The fourth-order valence-corrected chi connectivity index (χ4v) is 4.98. The van der Waals surface area contributed by atoms with Crippen LogP contribution in [-0.4, -0.2) is 55.7 Å². The second-order valence-electron chi connectivity index (χ2n) is 9.02. The molecule has 5 rings (SSSR count). The Balaban J connectivity index is 1.52. The van der Waals surface area contributed by atoms with Gasteiger partial charge in [0.05, 0.1) is 28.4 Å². The number of amides is 2. The molecule has 2 amide bonds. The van der Waals surface area contributed by atoms with Crippen LogP contribution in [-0.2, 0) is 4.79 Å². The number of primary amides is 1. The van der Waals surface area contributed by atoms with Gasteiger partial charge in [0.1, 0.15) is 11.4 Å². The lowest BCUT2D eigenvalue weighted by Gasteiger charge is -2.19. The number of halogens is 1. The summed E-state index contributed by atoms with van der Waals surface area (Å²) in [5, 5.41) is 8.18. The molecule has 1 aliphatic carbocycles. The summed E-state index contributed by atoms with van der Waals surface area (Å²) in [5.41, 5.74) is 8.57. The number of likely N-dealkylation sites (tertiary alicyclic amines) is 1.